The Balaban J connectivity index is 1.55. The SMILES string of the molecule is OCC1CCC(n2cnc(-c3ccc(F)cc3)c2-c2ccnc(Oc3ccccc3)n2)CC1. The molecule has 0 saturated heterocycles. The van der Waals surface area contributed by atoms with Crippen LogP contribution in [0.25, 0.3) is 22.6 Å². The first-order valence-corrected chi connectivity index (χ1v) is 11.2. The second kappa shape index (κ2) is 9.50. The number of hydrogen-bond donors (Lipinski definition) is 1. The van der Waals surface area contributed by atoms with Crippen molar-refractivity contribution in [3.05, 3.63) is 79.0 Å². The smallest absolute Gasteiger partial charge is 0.322 e. The number of ether oxygens (including phenoxy) is 1. The Bertz CT molecular complexity index is 1200. The Labute approximate surface area is 191 Å². The van der Waals surface area contributed by atoms with Gasteiger partial charge in [0.1, 0.15) is 11.6 Å². The molecule has 0 spiro atoms. The number of hydrogen-bond acceptors (Lipinski definition) is 5. The molecule has 1 aliphatic carbocycles. The summed E-state index contributed by atoms with van der Waals surface area (Å²) in [6.07, 6.45) is 7.37. The minimum atomic E-state index is -0.289. The van der Waals surface area contributed by atoms with Crippen molar-refractivity contribution in [3.8, 4) is 34.4 Å². The molecule has 0 unspecified atom stereocenters. The number of aliphatic hydroxyl groups excluding tert-OH is 1. The first kappa shape index (κ1) is 21.3. The van der Waals surface area contributed by atoms with E-state index in [9.17, 15) is 9.50 Å². The predicted molar refractivity (Wildman–Crippen MR) is 123 cm³/mol. The second-order valence-corrected chi connectivity index (χ2v) is 8.35. The van der Waals surface area contributed by atoms with Gasteiger partial charge in [0.25, 0.3) is 0 Å². The largest absolute Gasteiger partial charge is 0.424 e. The maximum atomic E-state index is 13.6. The van der Waals surface area contributed by atoms with Crippen LogP contribution >= 0.6 is 0 Å². The van der Waals surface area contributed by atoms with Gasteiger partial charge in [-0.2, -0.15) is 4.98 Å². The van der Waals surface area contributed by atoms with Crippen LogP contribution < -0.4 is 4.74 Å². The molecule has 2 aromatic heterocycles. The zero-order valence-electron chi connectivity index (χ0n) is 18.1. The summed E-state index contributed by atoms with van der Waals surface area (Å²) in [4.78, 5) is 13.7. The third-order valence-corrected chi connectivity index (χ3v) is 6.21. The quantitative estimate of drug-likeness (QED) is 0.415. The van der Waals surface area contributed by atoms with Crippen molar-refractivity contribution < 1.29 is 14.2 Å². The van der Waals surface area contributed by atoms with Crippen molar-refractivity contribution in [1.29, 1.82) is 0 Å². The van der Waals surface area contributed by atoms with E-state index >= 15 is 0 Å². The Morgan fingerprint density at radius 3 is 2.42 bits per heavy atom. The lowest BCUT2D eigenvalue weighted by Crippen LogP contribution is -2.20. The Hall–Kier alpha value is -3.58. The molecule has 2 aromatic carbocycles. The van der Waals surface area contributed by atoms with Crippen LogP contribution in [-0.4, -0.2) is 31.2 Å². The minimum absolute atomic E-state index is 0.233. The first-order chi connectivity index (χ1) is 16.2. The highest BCUT2D eigenvalue weighted by atomic mass is 19.1. The lowest BCUT2D eigenvalue weighted by atomic mass is 9.86. The number of halogens is 1. The summed E-state index contributed by atoms with van der Waals surface area (Å²) in [5, 5.41) is 9.53. The summed E-state index contributed by atoms with van der Waals surface area (Å²) in [6, 6.07) is 18.1. The van der Waals surface area contributed by atoms with Crippen molar-refractivity contribution in [2.75, 3.05) is 6.61 Å². The number of para-hydroxylation sites is 1. The Morgan fingerprint density at radius 2 is 1.70 bits per heavy atom. The number of rotatable bonds is 6. The molecule has 168 valence electrons. The van der Waals surface area contributed by atoms with Crippen molar-refractivity contribution in [3.63, 3.8) is 0 Å². The van der Waals surface area contributed by atoms with Gasteiger partial charge in [-0.25, -0.2) is 14.4 Å². The van der Waals surface area contributed by atoms with Crippen LogP contribution in [0.2, 0.25) is 0 Å². The van der Waals surface area contributed by atoms with E-state index in [4.69, 9.17) is 14.7 Å². The highest BCUT2D eigenvalue weighted by molar-refractivity contribution is 5.77. The molecule has 0 bridgehead atoms. The van der Waals surface area contributed by atoms with Gasteiger partial charge in [-0.3, -0.25) is 0 Å². The van der Waals surface area contributed by atoms with E-state index < -0.39 is 0 Å². The van der Waals surface area contributed by atoms with E-state index in [1.165, 1.54) is 12.1 Å². The van der Waals surface area contributed by atoms with Crippen LogP contribution in [0.15, 0.2) is 73.2 Å². The summed E-state index contributed by atoms with van der Waals surface area (Å²) in [5.74, 6) is 0.724. The molecule has 0 radical (unpaired) electrons. The molecule has 6 nitrogen and oxygen atoms in total. The third-order valence-electron chi connectivity index (χ3n) is 6.21. The topological polar surface area (TPSA) is 73.1 Å². The Morgan fingerprint density at radius 1 is 0.939 bits per heavy atom. The lowest BCUT2D eigenvalue weighted by molar-refractivity contribution is 0.169. The van der Waals surface area contributed by atoms with Crippen molar-refractivity contribution in [2.24, 2.45) is 5.92 Å². The van der Waals surface area contributed by atoms with Gasteiger partial charge in [-0.1, -0.05) is 18.2 Å². The van der Waals surface area contributed by atoms with Gasteiger partial charge < -0.3 is 14.4 Å². The minimum Gasteiger partial charge on any atom is -0.424 e. The molecule has 4 aromatic rings. The van der Waals surface area contributed by atoms with Crippen LogP contribution in [0.1, 0.15) is 31.7 Å². The highest BCUT2D eigenvalue weighted by Gasteiger charge is 2.26. The van der Waals surface area contributed by atoms with E-state index in [-0.39, 0.29) is 24.5 Å². The van der Waals surface area contributed by atoms with Gasteiger partial charge in [0.2, 0.25) is 0 Å². The van der Waals surface area contributed by atoms with Crippen LogP contribution in [-0.2, 0) is 0 Å². The molecule has 1 fully saturated rings. The average Bonchev–Trinajstić information content (AvgIpc) is 3.30. The van der Waals surface area contributed by atoms with Crippen molar-refractivity contribution >= 4 is 0 Å². The zero-order valence-corrected chi connectivity index (χ0v) is 18.1. The summed E-state index contributed by atoms with van der Waals surface area (Å²) >= 11 is 0. The monoisotopic (exact) mass is 444 g/mol. The lowest BCUT2D eigenvalue weighted by Gasteiger charge is -2.29. The molecule has 1 aliphatic rings. The zero-order chi connectivity index (χ0) is 22.6. The fourth-order valence-corrected chi connectivity index (χ4v) is 4.43. The number of aromatic nitrogens is 4. The highest BCUT2D eigenvalue weighted by Crippen LogP contribution is 2.38. The molecular weight excluding hydrogens is 419 g/mol. The van der Waals surface area contributed by atoms with Crippen LogP contribution in [0.4, 0.5) is 4.39 Å². The van der Waals surface area contributed by atoms with Gasteiger partial charge in [-0.05, 0) is 74.1 Å². The fourth-order valence-electron chi connectivity index (χ4n) is 4.43. The molecule has 1 saturated carbocycles. The molecule has 0 aliphatic heterocycles. The first-order valence-electron chi connectivity index (χ1n) is 11.2. The summed E-state index contributed by atoms with van der Waals surface area (Å²) in [5.41, 5.74) is 3.10. The number of imidazole rings is 1. The maximum absolute atomic E-state index is 13.6. The standard InChI is InChI=1S/C26H25FN4O2/c27-20-10-8-19(9-11-20)24-25(31(17-29-24)21-12-6-18(16-32)7-13-21)23-14-15-28-26(30-23)33-22-4-2-1-3-5-22/h1-5,8-11,14-15,17-18,21,32H,6-7,12-13,16H2. The molecular formula is C26H25FN4O2. The van der Waals surface area contributed by atoms with Crippen molar-refractivity contribution in [1.82, 2.24) is 19.5 Å². The summed E-state index contributed by atoms with van der Waals surface area (Å²) < 4.78 is 21.6. The summed E-state index contributed by atoms with van der Waals surface area (Å²) in [6.45, 7) is 0.233. The van der Waals surface area contributed by atoms with E-state index in [0.717, 1.165) is 42.6 Å². The maximum Gasteiger partial charge on any atom is 0.322 e. The fraction of sp³-hybridized carbons (Fsp3) is 0.269. The van der Waals surface area contributed by atoms with Gasteiger partial charge in [-0.15, -0.1) is 0 Å². The number of benzene rings is 2. The van der Waals surface area contributed by atoms with Gasteiger partial charge in [0.05, 0.1) is 23.4 Å². The van der Waals surface area contributed by atoms with E-state index in [1.807, 2.05) is 42.7 Å². The van der Waals surface area contributed by atoms with Gasteiger partial charge >= 0.3 is 6.01 Å². The average molecular weight is 445 g/mol. The van der Waals surface area contributed by atoms with Crippen LogP contribution in [0, 0.1) is 11.7 Å². The van der Waals surface area contributed by atoms with E-state index in [0.29, 0.717) is 17.4 Å². The third kappa shape index (κ3) is 4.64. The molecule has 2 heterocycles. The van der Waals surface area contributed by atoms with Crippen LogP contribution in [0.3, 0.4) is 0 Å². The molecule has 33 heavy (non-hydrogen) atoms. The van der Waals surface area contributed by atoms with E-state index in [2.05, 4.69) is 9.55 Å². The van der Waals surface area contributed by atoms with Crippen molar-refractivity contribution in [2.45, 2.75) is 31.7 Å². The molecule has 1 N–H and O–H groups in total. The Kier molecular flexibility index (Phi) is 6.13. The van der Waals surface area contributed by atoms with Gasteiger partial charge in [0.15, 0.2) is 0 Å². The second-order valence-electron chi connectivity index (χ2n) is 8.35. The normalized spacial score (nSPS) is 18.2. The molecule has 7 heteroatoms. The number of nitrogens with zero attached hydrogens (tertiary/aromatic N) is 4. The van der Waals surface area contributed by atoms with Gasteiger partial charge in [0, 0.05) is 24.4 Å². The molecule has 5 rings (SSSR count). The predicted octanol–water partition coefficient (Wildman–Crippen LogP) is 5.66. The van der Waals surface area contributed by atoms with E-state index in [1.54, 1.807) is 18.3 Å². The molecule has 0 amide bonds. The molecule has 0 atom stereocenters. The number of aliphatic hydroxyl groups is 1. The van der Waals surface area contributed by atoms with Crippen LogP contribution in [0.5, 0.6) is 11.8 Å². The summed E-state index contributed by atoms with van der Waals surface area (Å²) in [7, 11) is 0.